The molecule has 0 amide bonds. The molecule has 0 heterocycles. The van der Waals surface area contributed by atoms with Crippen molar-refractivity contribution in [1.82, 2.24) is 5.32 Å². The Balaban J connectivity index is 3.05. The van der Waals surface area contributed by atoms with Crippen LogP contribution < -0.4 is 10.1 Å². The Bertz CT molecular complexity index is 377. The Morgan fingerprint density at radius 1 is 1.50 bits per heavy atom. The second-order valence-corrected chi connectivity index (χ2v) is 3.76. The highest BCUT2D eigenvalue weighted by Crippen LogP contribution is 2.28. The van der Waals surface area contributed by atoms with Crippen molar-refractivity contribution in [2.24, 2.45) is 0 Å². The molecule has 0 saturated carbocycles. The number of benzene rings is 1. The number of rotatable bonds is 5. The Morgan fingerprint density at radius 3 is 2.69 bits per heavy atom. The predicted octanol–water partition coefficient (Wildman–Crippen LogP) is 2.10. The lowest BCUT2D eigenvalue weighted by molar-refractivity contribution is -0.386. The Kier molecular flexibility index (Phi) is 4.25. The maximum atomic E-state index is 10.8. The molecule has 0 radical (unpaired) electrons. The predicted molar refractivity (Wildman–Crippen MR) is 61.6 cm³/mol. The lowest BCUT2D eigenvalue weighted by Gasteiger charge is -2.11. The van der Waals surface area contributed by atoms with Crippen LogP contribution in [0, 0.1) is 10.1 Å². The van der Waals surface area contributed by atoms with E-state index in [4.69, 9.17) is 4.74 Å². The molecule has 1 rings (SSSR count). The molecule has 0 saturated heterocycles. The van der Waals surface area contributed by atoms with Crippen molar-refractivity contribution in [2.45, 2.75) is 26.5 Å². The van der Waals surface area contributed by atoms with E-state index in [1.54, 1.807) is 12.1 Å². The average Bonchev–Trinajstić information content (AvgIpc) is 2.16. The minimum atomic E-state index is -0.430. The Hall–Kier alpha value is -1.62. The van der Waals surface area contributed by atoms with Gasteiger partial charge in [0.2, 0.25) is 0 Å². The molecule has 0 aliphatic heterocycles. The molecule has 5 heteroatoms. The molecule has 16 heavy (non-hydrogen) atoms. The van der Waals surface area contributed by atoms with Crippen LogP contribution in [0.15, 0.2) is 18.2 Å². The molecule has 5 nitrogen and oxygen atoms in total. The van der Waals surface area contributed by atoms with E-state index in [0.29, 0.717) is 12.3 Å². The highest BCUT2D eigenvalue weighted by atomic mass is 16.6. The molecule has 0 aliphatic carbocycles. The number of nitrogens with zero attached hydrogens (tertiary/aromatic N) is 1. The topological polar surface area (TPSA) is 64.4 Å². The summed E-state index contributed by atoms with van der Waals surface area (Å²) in [5.41, 5.74) is 0.970. The van der Waals surface area contributed by atoms with Crippen LogP contribution in [-0.2, 0) is 6.54 Å². The molecule has 0 aliphatic rings. The van der Waals surface area contributed by atoms with Crippen molar-refractivity contribution in [1.29, 1.82) is 0 Å². The molecule has 0 spiro atoms. The number of nitro groups is 1. The van der Waals surface area contributed by atoms with Gasteiger partial charge in [0.05, 0.1) is 11.0 Å². The lowest BCUT2D eigenvalue weighted by atomic mass is 10.2. The fourth-order valence-corrected chi connectivity index (χ4v) is 1.37. The van der Waals surface area contributed by atoms with E-state index < -0.39 is 4.92 Å². The molecule has 0 atom stereocenters. The lowest BCUT2D eigenvalue weighted by Crippen LogP contribution is -2.09. The van der Waals surface area contributed by atoms with E-state index in [1.807, 2.05) is 20.9 Å². The number of nitrogens with one attached hydrogen (secondary N) is 1. The van der Waals surface area contributed by atoms with E-state index >= 15 is 0 Å². The van der Waals surface area contributed by atoms with Crippen LogP contribution in [0.25, 0.3) is 0 Å². The zero-order valence-corrected chi connectivity index (χ0v) is 9.69. The highest BCUT2D eigenvalue weighted by molar-refractivity contribution is 5.48. The van der Waals surface area contributed by atoms with Crippen LogP contribution in [0.3, 0.4) is 0 Å². The number of ether oxygens (including phenoxy) is 1. The van der Waals surface area contributed by atoms with Crippen LogP contribution in [-0.4, -0.2) is 18.1 Å². The molecule has 0 aromatic heterocycles. The van der Waals surface area contributed by atoms with Gasteiger partial charge in [-0.15, -0.1) is 0 Å². The van der Waals surface area contributed by atoms with Gasteiger partial charge in [-0.1, -0.05) is 6.07 Å². The molecule has 1 aromatic carbocycles. The van der Waals surface area contributed by atoms with Gasteiger partial charge in [-0.3, -0.25) is 10.1 Å². The number of nitro benzene ring substituents is 1. The third-order valence-corrected chi connectivity index (χ3v) is 1.96. The van der Waals surface area contributed by atoms with Gasteiger partial charge in [0.25, 0.3) is 0 Å². The van der Waals surface area contributed by atoms with Crippen molar-refractivity contribution in [3.05, 3.63) is 33.9 Å². The first kappa shape index (κ1) is 12.4. The Labute approximate surface area is 94.6 Å². The van der Waals surface area contributed by atoms with Gasteiger partial charge in [0.1, 0.15) is 0 Å². The van der Waals surface area contributed by atoms with Gasteiger partial charge in [0.15, 0.2) is 5.75 Å². The van der Waals surface area contributed by atoms with Crippen LogP contribution >= 0.6 is 0 Å². The third kappa shape index (κ3) is 3.20. The van der Waals surface area contributed by atoms with Gasteiger partial charge in [0, 0.05) is 12.6 Å². The monoisotopic (exact) mass is 224 g/mol. The fourth-order valence-electron chi connectivity index (χ4n) is 1.37. The minimum absolute atomic E-state index is 0.00792. The van der Waals surface area contributed by atoms with Crippen LogP contribution in [0.1, 0.15) is 19.4 Å². The molecular formula is C11H16N2O3. The van der Waals surface area contributed by atoms with Gasteiger partial charge in [-0.2, -0.15) is 0 Å². The van der Waals surface area contributed by atoms with E-state index in [1.165, 1.54) is 6.07 Å². The second-order valence-electron chi connectivity index (χ2n) is 3.76. The third-order valence-electron chi connectivity index (χ3n) is 1.96. The maximum absolute atomic E-state index is 10.8. The Morgan fingerprint density at radius 2 is 2.19 bits per heavy atom. The molecular weight excluding hydrogens is 208 g/mol. The first-order valence-electron chi connectivity index (χ1n) is 5.13. The average molecular weight is 224 g/mol. The SMILES string of the molecule is CNCc1ccc([N+](=O)[O-])c(OC(C)C)c1. The molecule has 0 unspecified atom stereocenters. The summed E-state index contributed by atoms with van der Waals surface area (Å²) in [5.74, 6) is 0.327. The van der Waals surface area contributed by atoms with Crippen molar-refractivity contribution < 1.29 is 9.66 Å². The maximum Gasteiger partial charge on any atom is 0.310 e. The standard InChI is InChI=1S/C11H16N2O3/c1-8(2)16-11-6-9(7-12-3)4-5-10(11)13(14)15/h4-6,8,12H,7H2,1-3H3. The van der Waals surface area contributed by atoms with Gasteiger partial charge in [-0.25, -0.2) is 0 Å². The molecule has 1 aromatic rings. The van der Waals surface area contributed by atoms with Crippen molar-refractivity contribution >= 4 is 5.69 Å². The molecule has 0 fully saturated rings. The zero-order valence-electron chi connectivity index (χ0n) is 9.69. The van der Waals surface area contributed by atoms with Crippen LogP contribution in [0.4, 0.5) is 5.69 Å². The van der Waals surface area contributed by atoms with E-state index in [9.17, 15) is 10.1 Å². The first-order valence-corrected chi connectivity index (χ1v) is 5.13. The molecule has 1 N–H and O–H groups in total. The summed E-state index contributed by atoms with van der Waals surface area (Å²) in [6.07, 6.45) is -0.0801. The fraction of sp³-hybridized carbons (Fsp3) is 0.455. The smallest absolute Gasteiger partial charge is 0.310 e. The van der Waals surface area contributed by atoms with E-state index in [0.717, 1.165) is 5.56 Å². The van der Waals surface area contributed by atoms with E-state index in [2.05, 4.69) is 5.32 Å². The summed E-state index contributed by atoms with van der Waals surface area (Å²) in [4.78, 5) is 10.4. The highest BCUT2D eigenvalue weighted by Gasteiger charge is 2.16. The van der Waals surface area contributed by atoms with Crippen LogP contribution in [0.5, 0.6) is 5.75 Å². The van der Waals surface area contributed by atoms with Gasteiger partial charge in [-0.05, 0) is 32.5 Å². The summed E-state index contributed by atoms with van der Waals surface area (Å²) < 4.78 is 5.42. The zero-order chi connectivity index (χ0) is 12.1. The first-order chi connectivity index (χ1) is 7.54. The number of hydrogen-bond donors (Lipinski definition) is 1. The summed E-state index contributed by atoms with van der Waals surface area (Å²) in [6.45, 7) is 4.34. The summed E-state index contributed by atoms with van der Waals surface area (Å²) in [6, 6.07) is 4.90. The summed E-state index contributed by atoms with van der Waals surface area (Å²) in [5, 5.41) is 13.8. The molecule has 88 valence electrons. The normalized spacial score (nSPS) is 10.5. The number of hydrogen-bond acceptors (Lipinski definition) is 4. The van der Waals surface area contributed by atoms with Crippen molar-refractivity contribution in [3.63, 3.8) is 0 Å². The van der Waals surface area contributed by atoms with Crippen LogP contribution in [0.2, 0.25) is 0 Å². The summed E-state index contributed by atoms with van der Waals surface area (Å²) in [7, 11) is 1.82. The van der Waals surface area contributed by atoms with Crippen molar-refractivity contribution in [2.75, 3.05) is 7.05 Å². The quantitative estimate of drug-likeness (QED) is 0.614. The minimum Gasteiger partial charge on any atom is -0.484 e. The second kappa shape index (κ2) is 5.46. The summed E-state index contributed by atoms with van der Waals surface area (Å²) >= 11 is 0. The molecule has 0 bridgehead atoms. The van der Waals surface area contributed by atoms with Gasteiger partial charge >= 0.3 is 5.69 Å². The largest absolute Gasteiger partial charge is 0.484 e. The van der Waals surface area contributed by atoms with E-state index in [-0.39, 0.29) is 11.8 Å². The van der Waals surface area contributed by atoms with Gasteiger partial charge < -0.3 is 10.1 Å². The van der Waals surface area contributed by atoms with Crippen molar-refractivity contribution in [3.8, 4) is 5.75 Å².